The summed E-state index contributed by atoms with van der Waals surface area (Å²) in [5.41, 5.74) is -0.652. The second-order valence-electron chi connectivity index (χ2n) is 7.59. The number of nitriles is 1. The molecule has 0 saturated carbocycles. The van der Waals surface area contributed by atoms with E-state index in [2.05, 4.69) is 6.07 Å². The van der Waals surface area contributed by atoms with E-state index in [9.17, 15) is 23.9 Å². The van der Waals surface area contributed by atoms with Crippen molar-refractivity contribution in [3.05, 3.63) is 0 Å². The second-order valence-corrected chi connectivity index (χ2v) is 7.59. The van der Waals surface area contributed by atoms with E-state index in [0.29, 0.717) is 6.54 Å². The number of alkyl halides is 2. The molecular formula is C17H27F2N3O2. The van der Waals surface area contributed by atoms with Crippen LogP contribution in [0.5, 0.6) is 0 Å². The molecule has 2 aliphatic heterocycles. The Kier molecular flexibility index (Phi) is 5.82. The summed E-state index contributed by atoms with van der Waals surface area (Å²) >= 11 is 0. The minimum Gasteiger partial charge on any atom is -0.394 e. The van der Waals surface area contributed by atoms with Crippen LogP contribution in [0.1, 0.15) is 46.0 Å². The average Bonchev–Trinajstić information content (AvgIpc) is 2.93. The van der Waals surface area contributed by atoms with Crippen LogP contribution in [0.4, 0.5) is 8.78 Å². The van der Waals surface area contributed by atoms with Gasteiger partial charge in [-0.3, -0.25) is 9.69 Å². The minimum atomic E-state index is -2.70. The first-order valence-electron chi connectivity index (χ1n) is 8.64. The fraction of sp³-hybridized carbons (Fsp3) is 0.882. The van der Waals surface area contributed by atoms with E-state index in [1.807, 2.05) is 13.8 Å². The fourth-order valence-corrected chi connectivity index (χ4v) is 3.75. The lowest BCUT2D eigenvalue weighted by Crippen LogP contribution is -2.51. The number of piperidine rings is 1. The van der Waals surface area contributed by atoms with Gasteiger partial charge in [-0.1, -0.05) is 0 Å². The molecule has 1 unspecified atom stereocenters. The highest BCUT2D eigenvalue weighted by molar-refractivity contribution is 5.81. The van der Waals surface area contributed by atoms with Crippen molar-refractivity contribution >= 4 is 5.91 Å². The number of carbonyl (C=O) groups excluding carboxylic acids is 1. The van der Waals surface area contributed by atoms with E-state index in [4.69, 9.17) is 0 Å². The van der Waals surface area contributed by atoms with Crippen LogP contribution in [0.25, 0.3) is 0 Å². The van der Waals surface area contributed by atoms with E-state index >= 15 is 0 Å². The van der Waals surface area contributed by atoms with Crippen molar-refractivity contribution < 1.29 is 18.7 Å². The van der Waals surface area contributed by atoms with Gasteiger partial charge in [-0.2, -0.15) is 5.26 Å². The van der Waals surface area contributed by atoms with Crippen molar-refractivity contribution in [1.29, 1.82) is 5.26 Å². The Morgan fingerprint density at radius 3 is 2.67 bits per heavy atom. The van der Waals surface area contributed by atoms with Gasteiger partial charge >= 0.3 is 0 Å². The van der Waals surface area contributed by atoms with Crippen LogP contribution in [-0.2, 0) is 4.79 Å². The molecule has 5 nitrogen and oxygen atoms in total. The van der Waals surface area contributed by atoms with Gasteiger partial charge < -0.3 is 10.0 Å². The zero-order valence-electron chi connectivity index (χ0n) is 14.5. The van der Waals surface area contributed by atoms with Crippen LogP contribution < -0.4 is 0 Å². The van der Waals surface area contributed by atoms with Crippen LogP contribution >= 0.6 is 0 Å². The first kappa shape index (κ1) is 19.1. The van der Waals surface area contributed by atoms with Crippen molar-refractivity contribution in [2.45, 2.75) is 63.5 Å². The predicted molar refractivity (Wildman–Crippen MR) is 85.4 cm³/mol. The topological polar surface area (TPSA) is 67.6 Å². The number of rotatable bonds is 5. The Morgan fingerprint density at radius 1 is 1.42 bits per heavy atom. The number of aliphatic hydroxyl groups excluding tert-OH is 1. The van der Waals surface area contributed by atoms with Gasteiger partial charge in [-0.25, -0.2) is 8.78 Å². The molecule has 136 valence electrons. The molecule has 2 aliphatic rings. The molecule has 0 aromatic carbocycles. The van der Waals surface area contributed by atoms with Gasteiger partial charge in [0.25, 0.3) is 5.92 Å². The third-order valence-electron chi connectivity index (χ3n) is 5.30. The molecule has 7 heteroatoms. The highest BCUT2D eigenvalue weighted by Gasteiger charge is 2.45. The number of hydrogen-bond donors (Lipinski definition) is 1. The highest BCUT2D eigenvalue weighted by atomic mass is 19.3. The molecule has 1 N–H and O–H groups in total. The molecular weight excluding hydrogens is 316 g/mol. The maximum atomic E-state index is 13.5. The number of hydrogen-bond acceptors (Lipinski definition) is 4. The molecule has 0 bridgehead atoms. The average molecular weight is 343 g/mol. The lowest BCUT2D eigenvalue weighted by Gasteiger charge is -2.39. The molecule has 0 aliphatic carbocycles. The van der Waals surface area contributed by atoms with Crippen LogP contribution in [0.2, 0.25) is 0 Å². The summed E-state index contributed by atoms with van der Waals surface area (Å²) in [4.78, 5) is 16.0. The van der Waals surface area contributed by atoms with E-state index in [0.717, 1.165) is 19.3 Å². The summed E-state index contributed by atoms with van der Waals surface area (Å²) in [6, 6.07) is 1.82. The van der Waals surface area contributed by atoms with Crippen LogP contribution in [0, 0.1) is 17.2 Å². The molecule has 1 amide bonds. The van der Waals surface area contributed by atoms with Gasteiger partial charge in [-0.05, 0) is 39.5 Å². The summed E-state index contributed by atoms with van der Waals surface area (Å²) in [5.74, 6) is -3.85. The minimum absolute atomic E-state index is 0.106. The molecule has 2 fully saturated rings. The standard InChI is InChI=1S/C17H27F2N3O2/c1-16(2,21-8-6-17(18,19)12-21)9-13(10-20)15(24)22-7-4-3-5-14(22)11-23/h13-14,23H,3-9,11-12H2,1-2H3/t13?,14-/m1/s1. The van der Waals surface area contributed by atoms with Gasteiger partial charge in [0, 0.05) is 25.0 Å². The lowest BCUT2D eigenvalue weighted by molar-refractivity contribution is -0.139. The van der Waals surface area contributed by atoms with Crippen molar-refractivity contribution in [2.75, 3.05) is 26.2 Å². The Labute approximate surface area is 142 Å². The van der Waals surface area contributed by atoms with Gasteiger partial charge in [0.2, 0.25) is 5.91 Å². The molecule has 2 heterocycles. The smallest absolute Gasteiger partial charge is 0.261 e. The summed E-state index contributed by atoms with van der Waals surface area (Å²) in [7, 11) is 0. The summed E-state index contributed by atoms with van der Waals surface area (Å²) in [6.07, 6.45) is 2.60. The fourth-order valence-electron chi connectivity index (χ4n) is 3.75. The van der Waals surface area contributed by atoms with E-state index in [-0.39, 0.29) is 44.5 Å². The third kappa shape index (κ3) is 4.22. The van der Waals surface area contributed by atoms with Crippen molar-refractivity contribution in [3.8, 4) is 6.07 Å². The van der Waals surface area contributed by atoms with Crippen molar-refractivity contribution in [2.24, 2.45) is 5.92 Å². The zero-order valence-corrected chi connectivity index (χ0v) is 14.5. The molecule has 2 atom stereocenters. The highest BCUT2D eigenvalue weighted by Crippen LogP contribution is 2.35. The summed E-state index contributed by atoms with van der Waals surface area (Å²) in [6.45, 7) is 4.01. The van der Waals surface area contributed by atoms with E-state index in [1.54, 1.807) is 9.80 Å². The van der Waals surface area contributed by atoms with Gasteiger partial charge in [0.15, 0.2) is 0 Å². The van der Waals surface area contributed by atoms with Crippen molar-refractivity contribution in [1.82, 2.24) is 9.80 Å². The van der Waals surface area contributed by atoms with Crippen molar-refractivity contribution in [3.63, 3.8) is 0 Å². The van der Waals surface area contributed by atoms with Gasteiger partial charge in [0.05, 0.1) is 25.3 Å². The Bertz CT molecular complexity index is 505. The number of likely N-dealkylation sites (tertiary alicyclic amines) is 2. The predicted octanol–water partition coefficient (Wildman–Crippen LogP) is 2.01. The molecule has 2 rings (SSSR count). The van der Waals surface area contributed by atoms with Crippen LogP contribution in [-0.4, -0.2) is 64.6 Å². The molecule has 0 aromatic rings. The monoisotopic (exact) mass is 343 g/mol. The van der Waals surface area contributed by atoms with Gasteiger partial charge in [-0.15, -0.1) is 0 Å². The zero-order chi connectivity index (χ0) is 18.0. The number of nitrogens with zero attached hydrogens (tertiary/aromatic N) is 3. The maximum absolute atomic E-state index is 13.5. The van der Waals surface area contributed by atoms with E-state index < -0.39 is 17.4 Å². The summed E-state index contributed by atoms with van der Waals surface area (Å²) in [5, 5.41) is 18.9. The Balaban J connectivity index is 2.05. The maximum Gasteiger partial charge on any atom is 0.261 e. The molecule has 0 aromatic heterocycles. The molecule has 0 radical (unpaired) electrons. The lowest BCUT2D eigenvalue weighted by atomic mass is 9.88. The first-order valence-corrected chi connectivity index (χ1v) is 8.64. The largest absolute Gasteiger partial charge is 0.394 e. The second kappa shape index (κ2) is 7.32. The van der Waals surface area contributed by atoms with Crippen LogP contribution in [0.15, 0.2) is 0 Å². The quantitative estimate of drug-likeness (QED) is 0.829. The number of carbonyl (C=O) groups is 1. The molecule has 24 heavy (non-hydrogen) atoms. The van der Waals surface area contributed by atoms with Crippen LogP contribution in [0.3, 0.4) is 0 Å². The number of aliphatic hydroxyl groups is 1. The number of amides is 1. The van der Waals surface area contributed by atoms with Gasteiger partial charge in [0.1, 0.15) is 5.92 Å². The SMILES string of the molecule is CC(C)(CC(C#N)C(=O)N1CCCC[C@@H]1CO)N1CCC(F)(F)C1. The molecule has 0 spiro atoms. The Hall–Kier alpha value is -1.26. The first-order chi connectivity index (χ1) is 11.2. The third-order valence-corrected chi connectivity index (χ3v) is 5.30. The number of halogens is 2. The molecule has 2 saturated heterocycles. The summed E-state index contributed by atoms with van der Waals surface area (Å²) < 4.78 is 27.0. The Morgan fingerprint density at radius 2 is 2.12 bits per heavy atom. The van der Waals surface area contributed by atoms with E-state index in [1.165, 1.54) is 0 Å². The normalized spacial score (nSPS) is 26.2.